The summed E-state index contributed by atoms with van der Waals surface area (Å²) >= 11 is 0. The number of halogens is 1. The maximum Gasteiger partial charge on any atom is 0.324 e. The molecule has 1 aliphatic heterocycles. The molecule has 1 N–H and O–H groups in total. The molecule has 1 fully saturated rings. The van der Waals surface area contributed by atoms with E-state index in [1.54, 1.807) is 19.2 Å². The van der Waals surface area contributed by atoms with Gasteiger partial charge in [-0.3, -0.25) is 9.69 Å². The molecule has 0 saturated carbocycles. The predicted molar refractivity (Wildman–Crippen MR) is 115 cm³/mol. The molecule has 1 saturated heterocycles. The zero-order valence-electron chi connectivity index (χ0n) is 17.4. The number of piperazine rings is 1. The fourth-order valence-electron chi connectivity index (χ4n) is 3.50. The van der Waals surface area contributed by atoms with E-state index in [1.807, 2.05) is 36.1 Å². The summed E-state index contributed by atoms with van der Waals surface area (Å²) in [4.78, 5) is 21.1. The summed E-state index contributed by atoms with van der Waals surface area (Å²) < 4.78 is 24.0. The quantitative estimate of drug-likeness (QED) is 0.650. The fourth-order valence-corrected chi connectivity index (χ4v) is 3.50. The molecule has 0 radical (unpaired) electrons. The lowest BCUT2D eigenvalue weighted by Crippen LogP contribution is -2.53. The van der Waals surface area contributed by atoms with Crippen molar-refractivity contribution in [2.24, 2.45) is 0 Å². The second-order valence-corrected chi connectivity index (χ2v) is 7.33. The number of anilines is 2. The van der Waals surface area contributed by atoms with Crippen LogP contribution < -0.4 is 15.0 Å². The number of benzene rings is 2. The van der Waals surface area contributed by atoms with Gasteiger partial charge in [-0.05, 0) is 37.3 Å². The first-order valence-electron chi connectivity index (χ1n) is 10.1. The topological polar surface area (TPSA) is 83.7 Å². The van der Waals surface area contributed by atoms with E-state index in [9.17, 15) is 9.18 Å². The lowest BCUT2D eigenvalue weighted by molar-refractivity contribution is -0.120. The summed E-state index contributed by atoms with van der Waals surface area (Å²) in [5, 5.41) is 6.85. The first-order chi connectivity index (χ1) is 15.0. The van der Waals surface area contributed by atoms with Crippen molar-refractivity contribution in [3.63, 3.8) is 0 Å². The van der Waals surface area contributed by atoms with Gasteiger partial charge in [-0.15, -0.1) is 0 Å². The van der Waals surface area contributed by atoms with E-state index in [2.05, 4.69) is 20.4 Å². The van der Waals surface area contributed by atoms with Crippen molar-refractivity contribution in [2.45, 2.75) is 13.0 Å². The van der Waals surface area contributed by atoms with Crippen LogP contribution in [0.5, 0.6) is 5.75 Å². The summed E-state index contributed by atoms with van der Waals surface area (Å²) in [7, 11) is 1.61. The Hall–Kier alpha value is -3.46. The molecule has 162 valence electrons. The van der Waals surface area contributed by atoms with Gasteiger partial charge in [-0.1, -0.05) is 23.4 Å². The van der Waals surface area contributed by atoms with Crippen LogP contribution in [0.1, 0.15) is 6.92 Å². The van der Waals surface area contributed by atoms with Crippen LogP contribution >= 0.6 is 0 Å². The molecule has 3 aromatic rings. The average Bonchev–Trinajstić information content (AvgIpc) is 3.29. The minimum atomic E-state index is -0.382. The van der Waals surface area contributed by atoms with E-state index >= 15 is 0 Å². The summed E-state index contributed by atoms with van der Waals surface area (Å²) in [6, 6.07) is 13.5. The highest BCUT2D eigenvalue weighted by atomic mass is 19.1. The van der Waals surface area contributed by atoms with Gasteiger partial charge in [0.15, 0.2) is 0 Å². The number of carbonyl (C=O) groups is 1. The smallest absolute Gasteiger partial charge is 0.324 e. The first kappa shape index (κ1) is 20.8. The monoisotopic (exact) mass is 425 g/mol. The molecule has 2 heterocycles. The standard InChI is InChI=1S/C22H24FN5O3/c1-15(21(29)24-18-7-4-6-17(23)14-18)27-9-11-28(12-10-27)22-25-20(26-31-22)16-5-3-8-19(13-16)30-2/h3-8,13-15H,9-12H2,1-2H3,(H,24,29). The number of methoxy groups -OCH3 is 1. The molecule has 0 spiro atoms. The molecular formula is C22H24FN5O3. The highest BCUT2D eigenvalue weighted by Gasteiger charge is 2.28. The van der Waals surface area contributed by atoms with Crippen LogP contribution in [0, 0.1) is 5.82 Å². The molecule has 4 rings (SSSR count). The molecule has 1 unspecified atom stereocenters. The van der Waals surface area contributed by atoms with Crippen LogP contribution in [0.2, 0.25) is 0 Å². The fraction of sp³-hybridized carbons (Fsp3) is 0.318. The third-order valence-electron chi connectivity index (χ3n) is 5.35. The number of nitrogens with one attached hydrogen (secondary N) is 1. The van der Waals surface area contributed by atoms with Gasteiger partial charge in [0.05, 0.1) is 13.2 Å². The van der Waals surface area contributed by atoms with E-state index in [1.165, 1.54) is 12.1 Å². The highest BCUT2D eigenvalue weighted by molar-refractivity contribution is 5.94. The number of nitrogens with zero attached hydrogens (tertiary/aromatic N) is 4. The molecule has 9 heteroatoms. The maximum absolute atomic E-state index is 13.3. The van der Waals surface area contributed by atoms with Crippen LogP contribution in [-0.2, 0) is 4.79 Å². The van der Waals surface area contributed by atoms with Gasteiger partial charge in [0.25, 0.3) is 0 Å². The number of aromatic nitrogens is 2. The molecule has 1 amide bonds. The number of hydrogen-bond donors (Lipinski definition) is 1. The van der Waals surface area contributed by atoms with E-state index in [-0.39, 0.29) is 17.8 Å². The van der Waals surface area contributed by atoms with Gasteiger partial charge in [0.2, 0.25) is 11.7 Å². The highest BCUT2D eigenvalue weighted by Crippen LogP contribution is 2.24. The lowest BCUT2D eigenvalue weighted by atomic mass is 10.2. The normalized spacial score (nSPS) is 15.5. The van der Waals surface area contributed by atoms with Gasteiger partial charge in [-0.2, -0.15) is 4.98 Å². The largest absolute Gasteiger partial charge is 0.497 e. The van der Waals surface area contributed by atoms with E-state index < -0.39 is 0 Å². The van der Waals surface area contributed by atoms with Crippen LogP contribution in [0.15, 0.2) is 53.1 Å². The Morgan fingerprint density at radius 1 is 1.16 bits per heavy atom. The number of ether oxygens (including phenoxy) is 1. The molecule has 2 aromatic carbocycles. The summed E-state index contributed by atoms with van der Waals surface area (Å²) in [5.41, 5.74) is 1.27. The third kappa shape index (κ3) is 4.83. The molecule has 1 aliphatic rings. The summed E-state index contributed by atoms with van der Waals surface area (Å²) in [5.74, 6) is 0.672. The van der Waals surface area contributed by atoms with Gasteiger partial charge in [0, 0.05) is 37.4 Å². The second-order valence-electron chi connectivity index (χ2n) is 7.33. The van der Waals surface area contributed by atoms with Crippen molar-refractivity contribution in [2.75, 3.05) is 43.5 Å². The first-order valence-corrected chi connectivity index (χ1v) is 10.1. The zero-order chi connectivity index (χ0) is 21.8. The van der Waals surface area contributed by atoms with Crippen molar-refractivity contribution < 1.29 is 18.4 Å². The SMILES string of the molecule is COc1cccc(-c2noc(N3CCN(C(C)C(=O)Nc4cccc(F)c4)CC3)n2)c1. The number of carbonyl (C=O) groups excluding carboxylic acids is 1. The lowest BCUT2D eigenvalue weighted by Gasteiger charge is -2.36. The van der Waals surface area contributed by atoms with Crippen LogP contribution in [-0.4, -0.2) is 60.3 Å². The molecule has 0 aliphatic carbocycles. The molecule has 1 atom stereocenters. The van der Waals surface area contributed by atoms with Crippen molar-refractivity contribution in [3.05, 3.63) is 54.3 Å². The van der Waals surface area contributed by atoms with Crippen LogP contribution in [0.3, 0.4) is 0 Å². The number of amides is 1. The van der Waals surface area contributed by atoms with E-state index in [4.69, 9.17) is 9.26 Å². The minimum Gasteiger partial charge on any atom is -0.497 e. The molecular weight excluding hydrogens is 401 g/mol. The Kier molecular flexibility index (Phi) is 6.13. The van der Waals surface area contributed by atoms with Crippen molar-refractivity contribution >= 4 is 17.6 Å². The molecule has 8 nitrogen and oxygen atoms in total. The molecule has 0 bridgehead atoms. The van der Waals surface area contributed by atoms with Gasteiger partial charge >= 0.3 is 6.01 Å². The summed E-state index contributed by atoms with van der Waals surface area (Å²) in [6.07, 6.45) is 0. The number of hydrogen-bond acceptors (Lipinski definition) is 7. The Balaban J connectivity index is 1.34. The van der Waals surface area contributed by atoms with Crippen LogP contribution in [0.25, 0.3) is 11.4 Å². The Labute approximate surface area is 179 Å². The van der Waals surface area contributed by atoms with Gasteiger partial charge < -0.3 is 19.5 Å². The predicted octanol–water partition coefficient (Wildman–Crippen LogP) is 3.03. The third-order valence-corrected chi connectivity index (χ3v) is 5.35. The maximum atomic E-state index is 13.3. The van der Waals surface area contributed by atoms with Crippen molar-refractivity contribution in [1.82, 2.24) is 15.0 Å². The Morgan fingerprint density at radius 3 is 2.68 bits per heavy atom. The molecule has 31 heavy (non-hydrogen) atoms. The number of rotatable bonds is 6. The van der Waals surface area contributed by atoms with Crippen molar-refractivity contribution in [1.29, 1.82) is 0 Å². The van der Waals surface area contributed by atoms with Crippen molar-refractivity contribution in [3.8, 4) is 17.1 Å². The van der Waals surface area contributed by atoms with Gasteiger partial charge in [0.1, 0.15) is 11.6 Å². The summed E-state index contributed by atoms with van der Waals surface area (Å²) in [6.45, 7) is 4.47. The average molecular weight is 425 g/mol. The van der Waals surface area contributed by atoms with E-state index in [0.717, 1.165) is 11.3 Å². The Bertz CT molecular complexity index is 1050. The zero-order valence-corrected chi connectivity index (χ0v) is 17.4. The van der Waals surface area contributed by atoms with E-state index in [0.29, 0.717) is 43.7 Å². The molecule has 1 aromatic heterocycles. The van der Waals surface area contributed by atoms with Crippen LogP contribution in [0.4, 0.5) is 16.1 Å². The minimum absolute atomic E-state index is 0.169. The second kappa shape index (κ2) is 9.13. The Morgan fingerprint density at radius 2 is 1.94 bits per heavy atom. The van der Waals surface area contributed by atoms with Gasteiger partial charge in [-0.25, -0.2) is 4.39 Å².